The van der Waals surface area contributed by atoms with Gasteiger partial charge in [0.15, 0.2) is 11.5 Å². The summed E-state index contributed by atoms with van der Waals surface area (Å²) in [7, 11) is 3.12. The number of rotatable bonds is 8. The Hall–Kier alpha value is -2.66. The molecule has 0 fully saturated rings. The minimum absolute atomic E-state index is 0.278. The monoisotopic (exact) mass is 389 g/mol. The topological polar surface area (TPSA) is 56.8 Å². The molecule has 0 bridgehead atoms. The smallest absolute Gasteiger partial charge is 0.248 e. The van der Waals surface area contributed by atoms with E-state index in [-0.39, 0.29) is 5.91 Å². The molecule has 0 heterocycles. The van der Waals surface area contributed by atoms with Gasteiger partial charge in [0.2, 0.25) is 5.91 Å². The Morgan fingerprint density at radius 3 is 2.52 bits per heavy atom. The van der Waals surface area contributed by atoms with Crippen molar-refractivity contribution >= 4 is 29.3 Å². The molecule has 0 saturated heterocycles. The highest BCUT2D eigenvalue weighted by molar-refractivity contribution is 6.31. The molecule has 5 nitrogen and oxygen atoms in total. The Morgan fingerprint density at radius 2 is 1.85 bits per heavy atom. The lowest BCUT2D eigenvalue weighted by Crippen LogP contribution is -2.09. The van der Waals surface area contributed by atoms with Crippen LogP contribution in [0, 0.1) is 6.92 Å². The molecule has 0 atom stereocenters. The quantitative estimate of drug-likeness (QED) is 0.637. The van der Waals surface area contributed by atoms with Crippen LogP contribution in [0.2, 0.25) is 5.02 Å². The second-order valence-corrected chi connectivity index (χ2v) is 6.29. The summed E-state index contributed by atoms with van der Waals surface area (Å²) < 4.78 is 16.2. The van der Waals surface area contributed by atoms with E-state index in [1.54, 1.807) is 25.3 Å². The van der Waals surface area contributed by atoms with Gasteiger partial charge in [-0.3, -0.25) is 4.79 Å². The van der Waals surface area contributed by atoms with Gasteiger partial charge in [0.1, 0.15) is 5.75 Å². The van der Waals surface area contributed by atoms with Crippen LogP contribution in [0.25, 0.3) is 6.08 Å². The van der Waals surface area contributed by atoms with E-state index >= 15 is 0 Å². The molecule has 144 valence electrons. The summed E-state index contributed by atoms with van der Waals surface area (Å²) in [5.41, 5.74) is 2.24. The van der Waals surface area contributed by atoms with Crippen molar-refractivity contribution < 1.29 is 19.0 Å². The van der Waals surface area contributed by atoms with Crippen LogP contribution in [-0.4, -0.2) is 26.7 Å². The van der Waals surface area contributed by atoms with E-state index in [0.717, 1.165) is 17.5 Å². The highest BCUT2D eigenvalue weighted by Crippen LogP contribution is 2.31. The van der Waals surface area contributed by atoms with Crippen molar-refractivity contribution in [1.29, 1.82) is 0 Å². The van der Waals surface area contributed by atoms with Crippen LogP contribution in [0.1, 0.15) is 24.5 Å². The van der Waals surface area contributed by atoms with Crippen LogP contribution in [-0.2, 0) is 4.79 Å². The van der Waals surface area contributed by atoms with Crippen molar-refractivity contribution in [2.75, 3.05) is 26.1 Å². The zero-order valence-corrected chi connectivity index (χ0v) is 16.7. The van der Waals surface area contributed by atoms with Crippen LogP contribution in [0.15, 0.2) is 36.4 Å². The first-order valence-electron chi connectivity index (χ1n) is 8.62. The predicted octanol–water partition coefficient (Wildman–Crippen LogP) is 5.11. The van der Waals surface area contributed by atoms with E-state index in [1.807, 2.05) is 32.0 Å². The SMILES string of the molecule is CCCOc1ccc(C=CC(=O)Nc2cc(C)c(Cl)cc2OC)cc1OC. The van der Waals surface area contributed by atoms with Crippen LogP contribution in [0.4, 0.5) is 5.69 Å². The highest BCUT2D eigenvalue weighted by atomic mass is 35.5. The van der Waals surface area contributed by atoms with Crippen LogP contribution in [0.5, 0.6) is 17.2 Å². The molecule has 0 aromatic heterocycles. The fourth-order valence-electron chi connectivity index (χ4n) is 2.40. The molecule has 1 N–H and O–H groups in total. The second-order valence-electron chi connectivity index (χ2n) is 5.88. The van der Waals surface area contributed by atoms with Gasteiger partial charge < -0.3 is 19.5 Å². The first-order chi connectivity index (χ1) is 13.0. The average molecular weight is 390 g/mol. The summed E-state index contributed by atoms with van der Waals surface area (Å²) in [5.74, 6) is 1.54. The molecule has 0 aliphatic carbocycles. The molecule has 0 saturated carbocycles. The lowest BCUT2D eigenvalue weighted by molar-refractivity contribution is -0.111. The molecule has 0 aliphatic heterocycles. The summed E-state index contributed by atoms with van der Waals surface area (Å²) in [6.45, 7) is 4.53. The van der Waals surface area contributed by atoms with Crippen molar-refractivity contribution in [2.45, 2.75) is 20.3 Å². The Morgan fingerprint density at radius 1 is 1.11 bits per heavy atom. The van der Waals surface area contributed by atoms with Gasteiger partial charge in [-0.05, 0) is 48.7 Å². The molecular formula is C21H24ClNO4. The predicted molar refractivity (Wildman–Crippen MR) is 109 cm³/mol. The maximum atomic E-state index is 12.3. The molecule has 0 unspecified atom stereocenters. The molecule has 27 heavy (non-hydrogen) atoms. The summed E-state index contributed by atoms with van der Waals surface area (Å²) in [6.07, 6.45) is 4.07. The summed E-state index contributed by atoms with van der Waals surface area (Å²) >= 11 is 6.09. The lowest BCUT2D eigenvalue weighted by atomic mass is 10.1. The molecule has 1 amide bonds. The Bertz CT molecular complexity index is 833. The van der Waals surface area contributed by atoms with Gasteiger partial charge in [-0.2, -0.15) is 0 Å². The Kier molecular flexibility index (Phi) is 7.55. The molecule has 0 spiro atoms. The van der Waals surface area contributed by atoms with Gasteiger partial charge in [0, 0.05) is 17.2 Å². The number of anilines is 1. The summed E-state index contributed by atoms with van der Waals surface area (Å²) in [4.78, 5) is 12.3. The number of ether oxygens (including phenoxy) is 3. The van der Waals surface area contributed by atoms with E-state index in [1.165, 1.54) is 13.2 Å². The minimum atomic E-state index is -0.278. The summed E-state index contributed by atoms with van der Waals surface area (Å²) in [6, 6.07) is 8.97. The van der Waals surface area contributed by atoms with E-state index in [9.17, 15) is 4.79 Å². The molecule has 2 aromatic rings. The maximum absolute atomic E-state index is 12.3. The van der Waals surface area contributed by atoms with Crippen LogP contribution < -0.4 is 19.5 Å². The maximum Gasteiger partial charge on any atom is 0.248 e. The van der Waals surface area contributed by atoms with Gasteiger partial charge in [-0.15, -0.1) is 0 Å². The van der Waals surface area contributed by atoms with Gasteiger partial charge in [0.25, 0.3) is 0 Å². The van der Waals surface area contributed by atoms with E-state index in [2.05, 4.69) is 5.32 Å². The number of nitrogens with one attached hydrogen (secondary N) is 1. The number of amides is 1. The zero-order valence-electron chi connectivity index (χ0n) is 16.0. The number of carbonyl (C=O) groups is 1. The van der Waals surface area contributed by atoms with E-state index in [0.29, 0.717) is 34.6 Å². The molecule has 2 aromatic carbocycles. The zero-order chi connectivity index (χ0) is 19.8. The van der Waals surface area contributed by atoms with Crippen molar-refractivity contribution in [3.8, 4) is 17.2 Å². The molecule has 0 radical (unpaired) electrons. The van der Waals surface area contributed by atoms with Crippen LogP contribution >= 0.6 is 11.6 Å². The van der Waals surface area contributed by atoms with E-state index in [4.69, 9.17) is 25.8 Å². The van der Waals surface area contributed by atoms with E-state index < -0.39 is 0 Å². The minimum Gasteiger partial charge on any atom is -0.495 e. The average Bonchev–Trinajstić information content (AvgIpc) is 2.67. The number of carbonyl (C=O) groups excluding carboxylic acids is 1. The number of benzene rings is 2. The van der Waals surface area contributed by atoms with Gasteiger partial charge in [-0.1, -0.05) is 24.6 Å². The third kappa shape index (κ3) is 5.66. The standard InChI is InChI=1S/C21H24ClNO4/c1-5-10-27-18-8-6-15(12-20(18)26-4)7-9-21(24)23-17-11-14(2)16(22)13-19(17)25-3/h6-9,11-13H,5,10H2,1-4H3,(H,23,24). The van der Waals surface area contributed by atoms with Gasteiger partial charge in [-0.25, -0.2) is 0 Å². The normalized spacial score (nSPS) is 10.7. The van der Waals surface area contributed by atoms with Gasteiger partial charge >= 0.3 is 0 Å². The Labute approximate surface area is 164 Å². The second kappa shape index (κ2) is 9.88. The molecular weight excluding hydrogens is 366 g/mol. The Balaban J connectivity index is 2.12. The number of aryl methyl sites for hydroxylation is 1. The fourth-order valence-corrected chi connectivity index (χ4v) is 2.55. The third-order valence-electron chi connectivity index (χ3n) is 3.82. The number of methoxy groups -OCH3 is 2. The van der Waals surface area contributed by atoms with Crippen LogP contribution in [0.3, 0.4) is 0 Å². The summed E-state index contributed by atoms with van der Waals surface area (Å²) in [5, 5.41) is 3.38. The van der Waals surface area contributed by atoms with Crippen molar-refractivity contribution in [3.05, 3.63) is 52.6 Å². The van der Waals surface area contributed by atoms with Crippen molar-refractivity contribution in [1.82, 2.24) is 0 Å². The molecule has 0 aliphatic rings. The molecule has 6 heteroatoms. The third-order valence-corrected chi connectivity index (χ3v) is 4.22. The number of hydrogen-bond acceptors (Lipinski definition) is 4. The first kappa shape index (κ1) is 20.6. The van der Waals surface area contributed by atoms with Gasteiger partial charge in [0.05, 0.1) is 26.5 Å². The highest BCUT2D eigenvalue weighted by Gasteiger charge is 2.09. The number of halogens is 1. The largest absolute Gasteiger partial charge is 0.495 e. The lowest BCUT2D eigenvalue weighted by Gasteiger charge is -2.11. The first-order valence-corrected chi connectivity index (χ1v) is 9.00. The number of hydrogen-bond donors (Lipinski definition) is 1. The molecule has 2 rings (SSSR count). The van der Waals surface area contributed by atoms with Crippen molar-refractivity contribution in [3.63, 3.8) is 0 Å². The van der Waals surface area contributed by atoms with Crippen molar-refractivity contribution in [2.24, 2.45) is 0 Å². The fraction of sp³-hybridized carbons (Fsp3) is 0.286.